The molecule has 0 bridgehead atoms. The smallest absolute Gasteiger partial charge is 0.337 e. The zero-order chi connectivity index (χ0) is 20.4. The molecule has 0 spiro atoms. The molecule has 0 radical (unpaired) electrons. The first-order valence-corrected chi connectivity index (χ1v) is 9.59. The number of nitrogens with one attached hydrogen (secondary N) is 1. The zero-order valence-corrected chi connectivity index (χ0v) is 16.5. The molecule has 1 heterocycles. The molecule has 1 aliphatic rings. The molecule has 2 N–H and O–H groups in total. The van der Waals surface area contributed by atoms with Gasteiger partial charge in [-0.05, 0) is 24.6 Å². The predicted molar refractivity (Wildman–Crippen MR) is 98.4 cm³/mol. The van der Waals surface area contributed by atoms with E-state index >= 15 is 0 Å². The van der Waals surface area contributed by atoms with Gasteiger partial charge >= 0.3 is 5.97 Å². The number of ether oxygens (including phenoxy) is 1. The summed E-state index contributed by atoms with van der Waals surface area (Å²) in [4.78, 5) is 26.0. The molecule has 1 amide bonds. The molecule has 0 saturated heterocycles. The second kappa shape index (κ2) is 8.07. The summed E-state index contributed by atoms with van der Waals surface area (Å²) < 4.78 is 30.8. The highest BCUT2D eigenvalue weighted by molar-refractivity contribution is 7.89. The maximum atomic E-state index is 12.5. The quantitative estimate of drug-likeness (QED) is 0.618. The number of nitrogens with zero attached hydrogens (tertiary/aromatic N) is 2. The van der Waals surface area contributed by atoms with Crippen LogP contribution in [-0.2, 0) is 24.3 Å². The lowest BCUT2D eigenvalue weighted by Gasteiger charge is -2.17. The van der Waals surface area contributed by atoms with E-state index in [2.05, 4.69) is 5.32 Å². The molecular weight excluding hydrogens is 374 g/mol. The summed E-state index contributed by atoms with van der Waals surface area (Å²) in [5, 5.41) is 11.9. The van der Waals surface area contributed by atoms with Crippen LogP contribution >= 0.6 is 0 Å². The number of hydrogen-bond donors (Lipinski definition) is 2. The van der Waals surface area contributed by atoms with Crippen LogP contribution in [0.2, 0.25) is 0 Å². The summed E-state index contributed by atoms with van der Waals surface area (Å²) >= 11 is 0. The van der Waals surface area contributed by atoms with E-state index in [1.54, 1.807) is 19.1 Å². The highest BCUT2D eigenvalue weighted by Crippen LogP contribution is 2.26. The third-order valence-corrected chi connectivity index (χ3v) is 6.13. The first-order valence-electron chi connectivity index (χ1n) is 8.15. The maximum absolute atomic E-state index is 12.5. The van der Waals surface area contributed by atoms with Gasteiger partial charge in [-0.1, -0.05) is 6.07 Å². The van der Waals surface area contributed by atoms with Crippen LogP contribution in [0.15, 0.2) is 34.4 Å². The average molecular weight is 397 g/mol. The van der Waals surface area contributed by atoms with E-state index in [0.29, 0.717) is 11.3 Å². The molecule has 1 aromatic carbocycles. The van der Waals surface area contributed by atoms with Gasteiger partial charge in [0.2, 0.25) is 10.0 Å². The summed E-state index contributed by atoms with van der Waals surface area (Å²) in [6.45, 7) is 1.49. The molecule has 1 aromatic rings. The summed E-state index contributed by atoms with van der Waals surface area (Å²) in [7, 11) is 0.395. The average Bonchev–Trinajstić information content (AvgIpc) is 2.92. The van der Waals surface area contributed by atoms with E-state index in [0.717, 1.165) is 4.31 Å². The summed E-state index contributed by atoms with van der Waals surface area (Å²) in [6.07, 6.45) is 0. The number of rotatable bonds is 7. The fourth-order valence-corrected chi connectivity index (χ4v) is 3.79. The van der Waals surface area contributed by atoms with E-state index < -0.39 is 21.9 Å². The van der Waals surface area contributed by atoms with Crippen molar-refractivity contribution in [2.75, 3.05) is 46.2 Å². The lowest BCUT2D eigenvalue weighted by Crippen LogP contribution is -2.31. The van der Waals surface area contributed by atoms with E-state index in [1.807, 2.05) is 0 Å². The molecule has 148 valence electrons. The Labute approximate surface area is 158 Å². The standard InChI is InChI=1S/C17H23N3O6S/c1-11-5-6-12(9-14(11)27(24,25)19(2)3)18-15-13(17(23)26-4)10-20(7-8-21)16(15)22/h5-6,9,18,21H,7-8,10H2,1-4H3. The molecule has 2 rings (SSSR count). The Hall–Kier alpha value is -2.43. The van der Waals surface area contributed by atoms with Gasteiger partial charge in [-0.3, -0.25) is 4.79 Å². The largest absolute Gasteiger partial charge is 0.466 e. The lowest BCUT2D eigenvalue weighted by molar-refractivity contribution is -0.136. The zero-order valence-electron chi connectivity index (χ0n) is 15.6. The molecule has 0 fully saturated rings. The number of anilines is 1. The molecule has 0 aliphatic carbocycles. The molecule has 10 heteroatoms. The summed E-state index contributed by atoms with van der Waals surface area (Å²) in [5.74, 6) is -1.14. The highest BCUT2D eigenvalue weighted by atomic mass is 32.2. The van der Waals surface area contributed by atoms with Gasteiger partial charge in [0, 0.05) is 26.3 Å². The summed E-state index contributed by atoms with van der Waals surface area (Å²) in [6, 6.07) is 4.64. The van der Waals surface area contributed by atoms with E-state index in [-0.39, 0.29) is 35.9 Å². The minimum Gasteiger partial charge on any atom is -0.466 e. The Balaban J connectivity index is 2.45. The van der Waals surface area contributed by atoms with Crippen LogP contribution < -0.4 is 5.32 Å². The number of carbonyl (C=O) groups is 2. The molecule has 0 unspecified atom stereocenters. The van der Waals surface area contributed by atoms with Crippen LogP contribution in [0.25, 0.3) is 0 Å². The number of methoxy groups -OCH3 is 1. The minimum atomic E-state index is -3.67. The Morgan fingerprint density at radius 3 is 2.59 bits per heavy atom. The fourth-order valence-electron chi connectivity index (χ4n) is 2.65. The fraction of sp³-hybridized carbons (Fsp3) is 0.412. The van der Waals surface area contributed by atoms with Crippen molar-refractivity contribution in [3.05, 3.63) is 35.0 Å². The number of benzene rings is 1. The second-order valence-electron chi connectivity index (χ2n) is 6.19. The van der Waals surface area contributed by atoms with Crippen molar-refractivity contribution in [2.24, 2.45) is 0 Å². The number of amides is 1. The number of β-amino-alcohol motifs (C(OH)–C–C–N with tert-alkyl or cyclic N) is 1. The van der Waals surface area contributed by atoms with Crippen molar-refractivity contribution < 1.29 is 27.9 Å². The van der Waals surface area contributed by atoms with Gasteiger partial charge < -0.3 is 20.1 Å². The molecule has 27 heavy (non-hydrogen) atoms. The topological polar surface area (TPSA) is 116 Å². The van der Waals surface area contributed by atoms with Gasteiger partial charge in [0.15, 0.2) is 0 Å². The van der Waals surface area contributed by atoms with Crippen LogP contribution in [0, 0.1) is 6.92 Å². The van der Waals surface area contributed by atoms with Gasteiger partial charge in [-0.2, -0.15) is 0 Å². The monoisotopic (exact) mass is 397 g/mol. The molecule has 0 atom stereocenters. The van der Waals surface area contributed by atoms with Crippen LogP contribution in [0.3, 0.4) is 0 Å². The number of sulfonamides is 1. The molecule has 1 aliphatic heterocycles. The Morgan fingerprint density at radius 2 is 2.04 bits per heavy atom. The first kappa shape index (κ1) is 20.9. The predicted octanol–water partition coefficient (Wildman–Crippen LogP) is -0.0812. The van der Waals surface area contributed by atoms with Crippen molar-refractivity contribution in [1.29, 1.82) is 0 Å². The third kappa shape index (κ3) is 4.12. The molecular formula is C17H23N3O6S. The second-order valence-corrected chi connectivity index (χ2v) is 8.31. The maximum Gasteiger partial charge on any atom is 0.337 e. The first-order chi connectivity index (χ1) is 12.6. The Bertz CT molecular complexity index is 892. The Morgan fingerprint density at radius 1 is 1.37 bits per heavy atom. The number of hydrogen-bond acceptors (Lipinski definition) is 7. The number of aryl methyl sites for hydroxylation is 1. The van der Waals surface area contributed by atoms with Crippen molar-refractivity contribution in [1.82, 2.24) is 9.21 Å². The summed E-state index contributed by atoms with van der Waals surface area (Å²) in [5.41, 5.74) is 1.02. The Kier molecular flexibility index (Phi) is 6.24. The number of esters is 1. The molecule has 0 aromatic heterocycles. The van der Waals surface area contributed by atoms with E-state index in [4.69, 9.17) is 9.84 Å². The molecule has 9 nitrogen and oxygen atoms in total. The molecule has 0 saturated carbocycles. The van der Waals surface area contributed by atoms with Crippen molar-refractivity contribution in [3.63, 3.8) is 0 Å². The van der Waals surface area contributed by atoms with Gasteiger partial charge in [-0.15, -0.1) is 0 Å². The van der Waals surface area contributed by atoms with E-state index in [1.165, 1.54) is 32.2 Å². The third-order valence-electron chi connectivity index (χ3n) is 4.17. The number of aliphatic hydroxyl groups is 1. The van der Waals surface area contributed by atoms with Gasteiger partial charge in [0.25, 0.3) is 5.91 Å². The van der Waals surface area contributed by atoms with Crippen LogP contribution in [0.4, 0.5) is 5.69 Å². The normalized spacial score (nSPS) is 14.9. The van der Waals surface area contributed by atoms with Crippen LogP contribution in [-0.4, -0.2) is 75.5 Å². The van der Waals surface area contributed by atoms with Gasteiger partial charge in [-0.25, -0.2) is 17.5 Å². The number of carbonyl (C=O) groups excluding carboxylic acids is 2. The SMILES string of the molecule is COC(=O)C1=C(Nc2ccc(C)c(S(=O)(=O)N(C)C)c2)C(=O)N(CCO)C1. The van der Waals surface area contributed by atoms with E-state index in [9.17, 15) is 18.0 Å². The van der Waals surface area contributed by atoms with Crippen LogP contribution in [0.1, 0.15) is 5.56 Å². The number of aliphatic hydroxyl groups excluding tert-OH is 1. The van der Waals surface area contributed by atoms with Crippen molar-refractivity contribution in [2.45, 2.75) is 11.8 Å². The van der Waals surface area contributed by atoms with Crippen molar-refractivity contribution >= 4 is 27.6 Å². The van der Waals surface area contributed by atoms with Crippen molar-refractivity contribution in [3.8, 4) is 0 Å². The van der Waals surface area contributed by atoms with Crippen LogP contribution in [0.5, 0.6) is 0 Å². The van der Waals surface area contributed by atoms with Gasteiger partial charge in [0.05, 0.1) is 30.7 Å². The highest BCUT2D eigenvalue weighted by Gasteiger charge is 2.34. The van der Waals surface area contributed by atoms with Gasteiger partial charge in [0.1, 0.15) is 5.70 Å². The minimum absolute atomic E-state index is 0.00309. The lowest BCUT2D eigenvalue weighted by atomic mass is 10.2.